The van der Waals surface area contributed by atoms with Crippen LogP contribution in [0, 0.1) is 5.92 Å². The van der Waals surface area contributed by atoms with E-state index in [1.165, 1.54) is 0 Å². The number of ether oxygens (including phenoxy) is 1. The molecule has 1 aromatic rings. The third-order valence-electron chi connectivity index (χ3n) is 5.70. The molecule has 0 saturated carbocycles. The molecule has 0 unspecified atom stereocenters. The zero-order valence-corrected chi connectivity index (χ0v) is 18.5. The van der Waals surface area contributed by atoms with Crippen molar-refractivity contribution in [1.29, 1.82) is 0 Å². The molecular weight excluding hydrogens is 402 g/mol. The number of nitrogens with zero attached hydrogens (tertiary/aromatic N) is 2. The van der Waals surface area contributed by atoms with Gasteiger partial charge in [-0.15, -0.1) is 6.58 Å². The Kier molecular flexibility index (Phi) is 7.56. The zero-order chi connectivity index (χ0) is 21.7. The molecule has 3 rings (SSSR count). The summed E-state index contributed by atoms with van der Waals surface area (Å²) in [5.41, 5.74) is 1.95. The van der Waals surface area contributed by atoms with Gasteiger partial charge in [0.05, 0.1) is 18.2 Å². The highest BCUT2D eigenvalue weighted by Gasteiger charge is 2.38. The molecule has 2 heterocycles. The predicted octanol–water partition coefficient (Wildman–Crippen LogP) is 4.14. The number of carbonyl (C=O) groups is 2. The average molecular weight is 432 g/mol. The Morgan fingerprint density at radius 1 is 1.30 bits per heavy atom. The maximum absolute atomic E-state index is 13.1. The zero-order valence-electron chi connectivity index (χ0n) is 17.7. The van der Waals surface area contributed by atoms with Crippen LogP contribution >= 0.6 is 11.6 Å². The van der Waals surface area contributed by atoms with Gasteiger partial charge in [-0.25, -0.2) is 9.59 Å². The van der Waals surface area contributed by atoms with Crippen molar-refractivity contribution in [1.82, 2.24) is 15.1 Å². The van der Waals surface area contributed by atoms with Gasteiger partial charge in [-0.3, -0.25) is 9.80 Å². The Morgan fingerprint density at radius 3 is 2.57 bits per heavy atom. The van der Waals surface area contributed by atoms with E-state index in [4.69, 9.17) is 16.3 Å². The fourth-order valence-corrected chi connectivity index (χ4v) is 4.11. The van der Waals surface area contributed by atoms with E-state index in [0.29, 0.717) is 35.3 Å². The number of likely N-dealkylation sites (tertiary alicyclic amines) is 1. The van der Waals surface area contributed by atoms with E-state index >= 15 is 0 Å². The minimum atomic E-state index is -0.589. The van der Waals surface area contributed by atoms with Crippen LogP contribution in [0.2, 0.25) is 5.02 Å². The molecule has 0 bridgehead atoms. The second kappa shape index (κ2) is 10.1. The molecule has 0 radical (unpaired) electrons. The van der Waals surface area contributed by atoms with Crippen molar-refractivity contribution in [3.05, 3.63) is 58.8 Å². The molecule has 2 aliphatic rings. The van der Waals surface area contributed by atoms with Gasteiger partial charge in [-0.2, -0.15) is 0 Å². The molecule has 1 N–H and O–H groups in total. The summed E-state index contributed by atoms with van der Waals surface area (Å²) in [6.07, 6.45) is 3.88. The van der Waals surface area contributed by atoms with Crippen LogP contribution in [0.4, 0.5) is 4.79 Å². The minimum Gasteiger partial charge on any atom is -0.463 e. The van der Waals surface area contributed by atoms with Gasteiger partial charge in [0, 0.05) is 23.8 Å². The number of carbonyl (C=O) groups excluding carboxylic acids is 2. The van der Waals surface area contributed by atoms with Crippen LogP contribution in [0.25, 0.3) is 0 Å². The first kappa shape index (κ1) is 22.4. The maximum atomic E-state index is 13.1. The Hall–Kier alpha value is -2.31. The van der Waals surface area contributed by atoms with E-state index in [-0.39, 0.29) is 12.6 Å². The van der Waals surface area contributed by atoms with E-state index in [1.807, 2.05) is 12.1 Å². The standard InChI is InChI=1S/C23H30ClN3O3/c1-4-12-27-19(15-26-13-10-16(3)11-14-26)20(22(28)30-5-2)21(25-23(27)29)17-6-8-18(24)9-7-17/h4,6-9,16,21H,1,5,10-15H2,2-3H3,(H,25,29)/t21-/m1/s1. The minimum absolute atomic E-state index is 0.247. The van der Waals surface area contributed by atoms with E-state index in [2.05, 4.69) is 23.7 Å². The summed E-state index contributed by atoms with van der Waals surface area (Å²) in [5.74, 6) is 0.285. The molecule has 6 nitrogen and oxygen atoms in total. The molecule has 30 heavy (non-hydrogen) atoms. The number of piperidine rings is 1. The highest BCUT2D eigenvalue weighted by Crippen LogP contribution is 2.33. The first-order valence-electron chi connectivity index (χ1n) is 10.5. The summed E-state index contributed by atoms with van der Waals surface area (Å²) in [6, 6.07) is 6.34. The average Bonchev–Trinajstić information content (AvgIpc) is 2.72. The van der Waals surface area contributed by atoms with Gasteiger partial charge in [-0.1, -0.05) is 36.7 Å². The first-order valence-corrected chi connectivity index (χ1v) is 10.9. The smallest absolute Gasteiger partial charge is 0.338 e. The molecule has 2 amide bonds. The van der Waals surface area contributed by atoms with Gasteiger partial charge in [0.2, 0.25) is 0 Å². The summed E-state index contributed by atoms with van der Waals surface area (Å²) < 4.78 is 5.41. The maximum Gasteiger partial charge on any atom is 0.338 e. The number of rotatable bonds is 7. The first-order chi connectivity index (χ1) is 14.4. The summed E-state index contributed by atoms with van der Waals surface area (Å²) >= 11 is 6.04. The lowest BCUT2D eigenvalue weighted by Gasteiger charge is -2.39. The highest BCUT2D eigenvalue weighted by atomic mass is 35.5. The van der Waals surface area contributed by atoms with Crippen molar-refractivity contribution in [3.8, 4) is 0 Å². The van der Waals surface area contributed by atoms with Gasteiger partial charge in [0.1, 0.15) is 0 Å². The number of esters is 1. The lowest BCUT2D eigenvalue weighted by atomic mass is 9.93. The quantitative estimate of drug-likeness (QED) is 0.520. The largest absolute Gasteiger partial charge is 0.463 e. The Balaban J connectivity index is 2.06. The van der Waals surface area contributed by atoms with E-state index in [0.717, 1.165) is 31.5 Å². The second-order valence-corrected chi connectivity index (χ2v) is 8.31. The molecule has 2 aliphatic heterocycles. The summed E-state index contributed by atoms with van der Waals surface area (Å²) in [7, 11) is 0. The molecule has 1 aromatic carbocycles. The number of hydrogen-bond donors (Lipinski definition) is 1. The lowest BCUT2D eigenvalue weighted by molar-refractivity contribution is -0.139. The second-order valence-electron chi connectivity index (χ2n) is 7.87. The van der Waals surface area contributed by atoms with Gasteiger partial charge in [0.25, 0.3) is 0 Å². The Bertz CT molecular complexity index is 813. The van der Waals surface area contributed by atoms with Crippen LogP contribution in [-0.4, -0.2) is 54.6 Å². The molecule has 1 atom stereocenters. The molecule has 0 aliphatic carbocycles. The van der Waals surface area contributed by atoms with Crippen LogP contribution in [-0.2, 0) is 9.53 Å². The van der Waals surface area contributed by atoms with Crippen molar-refractivity contribution in [2.75, 3.05) is 32.8 Å². The Morgan fingerprint density at radius 2 is 1.97 bits per heavy atom. The van der Waals surface area contributed by atoms with Crippen molar-refractivity contribution < 1.29 is 14.3 Å². The number of amides is 2. The Labute approximate surface area is 183 Å². The van der Waals surface area contributed by atoms with Crippen molar-refractivity contribution in [2.45, 2.75) is 32.7 Å². The number of halogens is 1. The summed E-state index contributed by atoms with van der Waals surface area (Å²) in [4.78, 5) is 30.0. The number of nitrogens with one attached hydrogen (secondary N) is 1. The fraction of sp³-hybridized carbons (Fsp3) is 0.478. The van der Waals surface area contributed by atoms with Crippen LogP contribution < -0.4 is 5.32 Å². The van der Waals surface area contributed by atoms with Crippen molar-refractivity contribution in [3.63, 3.8) is 0 Å². The summed E-state index contributed by atoms with van der Waals surface area (Å²) in [6.45, 7) is 10.8. The summed E-state index contributed by atoms with van der Waals surface area (Å²) in [5, 5.41) is 3.57. The molecule has 162 valence electrons. The van der Waals surface area contributed by atoms with Crippen LogP contribution in [0.5, 0.6) is 0 Å². The van der Waals surface area contributed by atoms with Crippen molar-refractivity contribution in [2.24, 2.45) is 5.92 Å². The van der Waals surface area contributed by atoms with Gasteiger partial charge < -0.3 is 10.1 Å². The fourth-order valence-electron chi connectivity index (χ4n) is 3.98. The van der Waals surface area contributed by atoms with Crippen LogP contribution in [0.1, 0.15) is 38.3 Å². The predicted molar refractivity (Wildman–Crippen MR) is 118 cm³/mol. The molecule has 0 spiro atoms. The normalized spacial score (nSPS) is 20.8. The monoisotopic (exact) mass is 431 g/mol. The van der Waals surface area contributed by atoms with Gasteiger partial charge in [0.15, 0.2) is 0 Å². The number of benzene rings is 1. The lowest BCUT2D eigenvalue weighted by Crippen LogP contribution is -2.51. The molecule has 1 fully saturated rings. The number of hydrogen-bond acceptors (Lipinski definition) is 4. The van der Waals surface area contributed by atoms with Gasteiger partial charge >= 0.3 is 12.0 Å². The van der Waals surface area contributed by atoms with E-state index in [1.54, 1.807) is 30.0 Å². The number of urea groups is 1. The topological polar surface area (TPSA) is 61.9 Å². The molecule has 1 saturated heterocycles. The van der Waals surface area contributed by atoms with Gasteiger partial charge in [-0.05, 0) is 56.5 Å². The molecule has 0 aromatic heterocycles. The van der Waals surface area contributed by atoms with E-state index in [9.17, 15) is 9.59 Å². The molecular formula is C23H30ClN3O3. The molecule has 7 heteroatoms. The van der Waals surface area contributed by atoms with Crippen molar-refractivity contribution >= 4 is 23.6 Å². The SMILES string of the molecule is C=CCN1C(=O)N[C@H](c2ccc(Cl)cc2)C(C(=O)OCC)=C1CN1CCC(C)CC1. The van der Waals surface area contributed by atoms with Crippen LogP contribution in [0.15, 0.2) is 48.2 Å². The van der Waals surface area contributed by atoms with E-state index < -0.39 is 12.0 Å². The third kappa shape index (κ3) is 5.05. The van der Waals surface area contributed by atoms with Crippen LogP contribution in [0.3, 0.4) is 0 Å². The third-order valence-corrected chi connectivity index (χ3v) is 5.95. The highest BCUT2D eigenvalue weighted by molar-refractivity contribution is 6.30.